The van der Waals surface area contributed by atoms with Crippen LogP contribution in [0.4, 0.5) is 0 Å². The average Bonchev–Trinajstić information content (AvgIpc) is 2.94. The molecule has 0 aromatic heterocycles. The molecule has 0 N–H and O–H groups in total. The molecule has 0 aliphatic carbocycles. The predicted octanol–water partition coefficient (Wildman–Crippen LogP) is 3.12. The minimum Gasteiger partial charge on any atom is -0.497 e. The maximum atomic E-state index is 12.2. The van der Waals surface area contributed by atoms with E-state index in [4.69, 9.17) is 9.47 Å². The van der Waals surface area contributed by atoms with Crippen molar-refractivity contribution in [1.82, 2.24) is 4.90 Å². The fourth-order valence-corrected chi connectivity index (χ4v) is 2.80. The molecule has 0 saturated carbocycles. The number of methoxy groups -OCH3 is 1. The topological polar surface area (TPSA) is 38.8 Å². The Morgan fingerprint density at radius 3 is 2.48 bits per heavy atom. The second-order valence-electron chi connectivity index (χ2n) is 5.82. The van der Waals surface area contributed by atoms with E-state index < -0.39 is 0 Å². The van der Waals surface area contributed by atoms with E-state index in [0.717, 1.165) is 23.6 Å². The van der Waals surface area contributed by atoms with Crippen molar-refractivity contribution in [2.24, 2.45) is 5.92 Å². The number of para-hydroxylation sites is 1. The Balaban J connectivity index is 1.52. The van der Waals surface area contributed by atoms with Crippen LogP contribution < -0.4 is 9.47 Å². The molecule has 2 aromatic carbocycles. The van der Waals surface area contributed by atoms with Crippen LogP contribution in [0.5, 0.6) is 11.5 Å². The molecule has 1 aliphatic heterocycles. The molecule has 1 atom stereocenters. The zero-order chi connectivity index (χ0) is 16.1. The van der Waals surface area contributed by atoms with Gasteiger partial charge in [-0.1, -0.05) is 30.3 Å². The van der Waals surface area contributed by atoms with E-state index in [1.807, 2.05) is 59.5 Å². The maximum Gasteiger partial charge on any atom is 0.223 e. The van der Waals surface area contributed by atoms with E-state index in [1.165, 1.54) is 0 Å². The number of rotatable bonds is 6. The van der Waals surface area contributed by atoms with E-state index in [1.54, 1.807) is 7.11 Å². The van der Waals surface area contributed by atoms with Crippen molar-refractivity contribution in [3.05, 3.63) is 60.2 Å². The first-order valence-corrected chi connectivity index (χ1v) is 7.83. The molecule has 1 heterocycles. The number of ether oxygens (including phenoxy) is 2. The largest absolute Gasteiger partial charge is 0.497 e. The van der Waals surface area contributed by atoms with Crippen LogP contribution in [0.25, 0.3) is 0 Å². The number of carbonyl (C=O) groups excluding carboxylic acids is 1. The van der Waals surface area contributed by atoms with Gasteiger partial charge in [0.2, 0.25) is 5.91 Å². The first-order valence-electron chi connectivity index (χ1n) is 7.83. The number of likely N-dealkylation sites (tertiary alicyclic amines) is 1. The van der Waals surface area contributed by atoms with Crippen molar-refractivity contribution >= 4 is 5.91 Å². The molecule has 1 saturated heterocycles. The molecule has 120 valence electrons. The lowest BCUT2D eigenvalue weighted by atomic mass is 10.1. The summed E-state index contributed by atoms with van der Waals surface area (Å²) in [7, 11) is 1.65. The fraction of sp³-hybridized carbons (Fsp3) is 0.316. The SMILES string of the molecule is COc1ccc(CN2CC(COc3ccccc3)CC2=O)cc1. The molecule has 2 aromatic rings. The summed E-state index contributed by atoms with van der Waals surface area (Å²) in [6, 6.07) is 17.6. The highest BCUT2D eigenvalue weighted by Crippen LogP contribution is 2.22. The number of benzene rings is 2. The molecule has 0 radical (unpaired) electrons. The summed E-state index contributed by atoms with van der Waals surface area (Å²) in [5.74, 6) is 2.13. The number of hydrogen-bond donors (Lipinski definition) is 0. The third-order valence-corrected chi connectivity index (χ3v) is 4.06. The van der Waals surface area contributed by atoms with Crippen LogP contribution in [0, 0.1) is 5.92 Å². The van der Waals surface area contributed by atoms with Gasteiger partial charge in [0, 0.05) is 25.4 Å². The highest BCUT2D eigenvalue weighted by molar-refractivity contribution is 5.78. The van der Waals surface area contributed by atoms with E-state index in [9.17, 15) is 4.79 Å². The number of amides is 1. The Kier molecular flexibility index (Phi) is 4.81. The predicted molar refractivity (Wildman–Crippen MR) is 88.5 cm³/mol. The van der Waals surface area contributed by atoms with Crippen LogP contribution in [0.1, 0.15) is 12.0 Å². The Labute approximate surface area is 136 Å². The zero-order valence-electron chi connectivity index (χ0n) is 13.3. The first-order chi connectivity index (χ1) is 11.2. The van der Waals surface area contributed by atoms with Gasteiger partial charge < -0.3 is 14.4 Å². The van der Waals surface area contributed by atoms with Crippen molar-refractivity contribution in [3.8, 4) is 11.5 Å². The van der Waals surface area contributed by atoms with E-state index in [2.05, 4.69) is 0 Å². The smallest absolute Gasteiger partial charge is 0.223 e. The summed E-state index contributed by atoms with van der Waals surface area (Å²) in [6.07, 6.45) is 0.559. The average molecular weight is 311 g/mol. The van der Waals surface area contributed by atoms with Gasteiger partial charge in [-0.05, 0) is 29.8 Å². The van der Waals surface area contributed by atoms with Crippen molar-refractivity contribution in [3.63, 3.8) is 0 Å². The highest BCUT2D eigenvalue weighted by Gasteiger charge is 2.29. The zero-order valence-corrected chi connectivity index (χ0v) is 13.3. The van der Waals surface area contributed by atoms with E-state index >= 15 is 0 Å². The Hall–Kier alpha value is -2.49. The molecule has 0 bridgehead atoms. The van der Waals surface area contributed by atoms with Crippen LogP contribution in [0.15, 0.2) is 54.6 Å². The minimum atomic E-state index is 0.197. The van der Waals surface area contributed by atoms with Crippen LogP contribution >= 0.6 is 0 Å². The van der Waals surface area contributed by atoms with Crippen molar-refractivity contribution in [2.75, 3.05) is 20.3 Å². The monoisotopic (exact) mass is 311 g/mol. The lowest BCUT2D eigenvalue weighted by Gasteiger charge is -2.17. The fourth-order valence-electron chi connectivity index (χ4n) is 2.80. The molecule has 1 aliphatic rings. The second kappa shape index (κ2) is 7.18. The van der Waals surface area contributed by atoms with E-state index in [-0.39, 0.29) is 11.8 Å². The Morgan fingerprint density at radius 2 is 1.78 bits per heavy atom. The molecule has 4 heteroatoms. The standard InChI is InChI=1S/C19H21NO3/c1-22-17-9-7-15(8-10-17)12-20-13-16(11-19(20)21)14-23-18-5-3-2-4-6-18/h2-10,16H,11-14H2,1H3. The van der Waals surface area contributed by atoms with Gasteiger partial charge in [-0.3, -0.25) is 4.79 Å². The first kappa shape index (κ1) is 15.4. The summed E-state index contributed by atoms with van der Waals surface area (Å²) in [5.41, 5.74) is 1.11. The van der Waals surface area contributed by atoms with Crippen LogP contribution in [0.3, 0.4) is 0 Å². The van der Waals surface area contributed by atoms with Crippen molar-refractivity contribution in [1.29, 1.82) is 0 Å². The maximum absolute atomic E-state index is 12.2. The van der Waals surface area contributed by atoms with Gasteiger partial charge in [0.1, 0.15) is 11.5 Å². The van der Waals surface area contributed by atoms with Crippen LogP contribution in [-0.2, 0) is 11.3 Å². The molecule has 1 unspecified atom stereocenters. The van der Waals surface area contributed by atoms with Gasteiger partial charge in [-0.25, -0.2) is 0 Å². The quantitative estimate of drug-likeness (QED) is 0.823. The third kappa shape index (κ3) is 4.03. The summed E-state index contributed by atoms with van der Waals surface area (Å²) < 4.78 is 10.9. The minimum absolute atomic E-state index is 0.197. The van der Waals surface area contributed by atoms with Crippen LogP contribution in [-0.4, -0.2) is 31.1 Å². The molecular formula is C19H21NO3. The highest BCUT2D eigenvalue weighted by atomic mass is 16.5. The summed E-state index contributed by atoms with van der Waals surface area (Å²) in [6.45, 7) is 1.97. The second-order valence-corrected chi connectivity index (χ2v) is 5.82. The van der Waals surface area contributed by atoms with Crippen molar-refractivity contribution < 1.29 is 14.3 Å². The van der Waals surface area contributed by atoms with Crippen molar-refractivity contribution in [2.45, 2.75) is 13.0 Å². The molecular weight excluding hydrogens is 290 g/mol. The lowest BCUT2D eigenvalue weighted by Crippen LogP contribution is -2.25. The number of carbonyl (C=O) groups is 1. The molecule has 1 amide bonds. The normalized spacial score (nSPS) is 17.3. The summed E-state index contributed by atoms with van der Waals surface area (Å²) in [4.78, 5) is 14.1. The lowest BCUT2D eigenvalue weighted by molar-refractivity contribution is -0.128. The third-order valence-electron chi connectivity index (χ3n) is 4.06. The van der Waals surface area contributed by atoms with Crippen LogP contribution in [0.2, 0.25) is 0 Å². The summed E-state index contributed by atoms with van der Waals surface area (Å²) >= 11 is 0. The number of nitrogens with zero attached hydrogens (tertiary/aromatic N) is 1. The molecule has 0 spiro atoms. The number of hydrogen-bond acceptors (Lipinski definition) is 3. The molecule has 23 heavy (non-hydrogen) atoms. The molecule has 4 nitrogen and oxygen atoms in total. The van der Waals surface area contributed by atoms with Gasteiger partial charge in [0.15, 0.2) is 0 Å². The van der Waals surface area contributed by atoms with E-state index in [0.29, 0.717) is 19.6 Å². The van der Waals surface area contributed by atoms with Gasteiger partial charge in [-0.2, -0.15) is 0 Å². The van der Waals surface area contributed by atoms with Gasteiger partial charge >= 0.3 is 0 Å². The van der Waals surface area contributed by atoms with Gasteiger partial charge in [0.05, 0.1) is 13.7 Å². The Bertz CT molecular complexity index is 639. The summed E-state index contributed by atoms with van der Waals surface area (Å²) in [5, 5.41) is 0. The molecule has 3 rings (SSSR count). The van der Waals surface area contributed by atoms with Gasteiger partial charge in [-0.15, -0.1) is 0 Å². The Morgan fingerprint density at radius 1 is 1.04 bits per heavy atom. The molecule has 1 fully saturated rings. The van der Waals surface area contributed by atoms with Gasteiger partial charge in [0.25, 0.3) is 0 Å².